The molecule has 0 saturated heterocycles. The highest BCUT2D eigenvalue weighted by Gasteiger charge is 2.20. The first-order valence-corrected chi connectivity index (χ1v) is 10.7. The van der Waals surface area contributed by atoms with E-state index in [2.05, 4.69) is 10.3 Å². The number of hydrogen-bond acceptors (Lipinski definition) is 4. The number of rotatable bonds is 6. The topological polar surface area (TPSA) is 64.0 Å². The van der Waals surface area contributed by atoms with E-state index in [4.69, 9.17) is 11.6 Å². The quantitative estimate of drug-likeness (QED) is 0.435. The van der Waals surface area contributed by atoms with E-state index in [9.17, 15) is 9.59 Å². The van der Waals surface area contributed by atoms with Crippen molar-refractivity contribution in [2.45, 2.75) is 44.6 Å². The highest BCUT2D eigenvalue weighted by molar-refractivity contribution is 8.00. The fourth-order valence-corrected chi connectivity index (χ4v) is 4.04. The van der Waals surface area contributed by atoms with Crippen LogP contribution in [0.3, 0.4) is 0 Å². The van der Waals surface area contributed by atoms with Crippen molar-refractivity contribution in [3.8, 4) is 0 Å². The molecule has 0 spiro atoms. The average molecular weight is 430 g/mol. The van der Waals surface area contributed by atoms with Crippen molar-refractivity contribution in [2.24, 2.45) is 5.92 Å². The van der Waals surface area contributed by atoms with Crippen LogP contribution in [0.2, 0.25) is 5.02 Å². The number of anilines is 1. The molecular weight excluding hydrogens is 406 g/mol. The Balaban J connectivity index is 1.93. The summed E-state index contributed by atoms with van der Waals surface area (Å²) in [4.78, 5) is 30.5. The van der Waals surface area contributed by atoms with Crippen LogP contribution in [-0.2, 0) is 11.3 Å². The number of benzene rings is 2. The molecule has 29 heavy (non-hydrogen) atoms. The molecule has 7 heteroatoms. The van der Waals surface area contributed by atoms with Crippen LogP contribution in [0.5, 0.6) is 0 Å². The van der Waals surface area contributed by atoms with Crippen molar-refractivity contribution in [3.05, 3.63) is 63.4 Å². The zero-order chi connectivity index (χ0) is 21.1. The van der Waals surface area contributed by atoms with Gasteiger partial charge < -0.3 is 5.32 Å². The number of aromatic nitrogens is 2. The van der Waals surface area contributed by atoms with Crippen molar-refractivity contribution < 1.29 is 4.79 Å². The van der Waals surface area contributed by atoms with Crippen LogP contribution in [0, 0.1) is 12.8 Å². The van der Waals surface area contributed by atoms with Crippen molar-refractivity contribution in [3.63, 3.8) is 0 Å². The van der Waals surface area contributed by atoms with E-state index in [1.807, 2.05) is 52.0 Å². The fourth-order valence-electron chi connectivity index (χ4n) is 2.95. The Labute approximate surface area is 179 Å². The third kappa shape index (κ3) is 5.00. The zero-order valence-electron chi connectivity index (χ0n) is 16.9. The van der Waals surface area contributed by atoms with Crippen LogP contribution in [0.15, 0.2) is 52.4 Å². The van der Waals surface area contributed by atoms with Crippen molar-refractivity contribution in [2.75, 3.05) is 5.32 Å². The molecule has 0 aliphatic heterocycles. The lowest BCUT2D eigenvalue weighted by molar-refractivity contribution is -0.115. The molecule has 1 N–H and O–H groups in total. The highest BCUT2D eigenvalue weighted by Crippen LogP contribution is 2.25. The molecule has 3 rings (SSSR count). The second kappa shape index (κ2) is 9.01. The average Bonchev–Trinajstić information content (AvgIpc) is 2.67. The highest BCUT2D eigenvalue weighted by atomic mass is 35.5. The third-order valence-corrected chi connectivity index (χ3v) is 5.81. The van der Waals surface area contributed by atoms with E-state index in [0.29, 0.717) is 27.6 Å². The number of amides is 1. The van der Waals surface area contributed by atoms with Crippen LogP contribution in [0.1, 0.15) is 26.3 Å². The Bertz CT molecular complexity index is 1110. The fraction of sp³-hybridized carbons (Fsp3) is 0.318. The first-order valence-electron chi connectivity index (χ1n) is 9.49. The van der Waals surface area contributed by atoms with Gasteiger partial charge >= 0.3 is 0 Å². The van der Waals surface area contributed by atoms with Gasteiger partial charge in [-0.1, -0.05) is 55.4 Å². The Kier molecular flexibility index (Phi) is 6.65. The molecule has 3 aromatic rings. The molecule has 0 aliphatic carbocycles. The van der Waals surface area contributed by atoms with Gasteiger partial charge in [0.25, 0.3) is 5.56 Å². The molecule has 1 unspecified atom stereocenters. The van der Waals surface area contributed by atoms with Gasteiger partial charge in [-0.2, -0.15) is 0 Å². The van der Waals surface area contributed by atoms with E-state index in [-0.39, 0.29) is 17.4 Å². The van der Waals surface area contributed by atoms with Crippen LogP contribution in [-0.4, -0.2) is 20.7 Å². The van der Waals surface area contributed by atoms with E-state index in [1.165, 1.54) is 11.8 Å². The molecule has 152 valence electrons. The number of thioether (sulfide) groups is 1. The minimum Gasteiger partial charge on any atom is -0.325 e. The summed E-state index contributed by atoms with van der Waals surface area (Å²) < 4.78 is 1.64. The molecule has 1 amide bonds. The summed E-state index contributed by atoms with van der Waals surface area (Å²) in [5.74, 6) is 0.118. The smallest absolute Gasteiger partial charge is 0.262 e. The molecule has 1 atom stereocenters. The molecule has 5 nitrogen and oxygen atoms in total. The lowest BCUT2D eigenvalue weighted by Gasteiger charge is -2.18. The molecule has 0 saturated carbocycles. The predicted octanol–water partition coefficient (Wildman–Crippen LogP) is 5.13. The SMILES string of the molecule is Cc1ccccc1NC(=O)C(C)Sc1nc2ccc(Cl)cc2c(=O)n1CC(C)C. The van der Waals surface area contributed by atoms with Gasteiger partial charge in [-0.25, -0.2) is 4.98 Å². The number of carbonyl (C=O) groups excluding carboxylic acids is 1. The van der Waals surface area contributed by atoms with Crippen LogP contribution >= 0.6 is 23.4 Å². The number of nitrogens with zero attached hydrogens (tertiary/aromatic N) is 2. The third-order valence-electron chi connectivity index (χ3n) is 4.48. The summed E-state index contributed by atoms with van der Waals surface area (Å²) in [5, 5.41) is 4.05. The maximum Gasteiger partial charge on any atom is 0.262 e. The number of para-hydroxylation sites is 1. The minimum absolute atomic E-state index is 0.133. The Morgan fingerprint density at radius 3 is 2.62 bits per heavy atom. The molecular formula is C22H24ClN3O2S. The summed E-state index contributed by atoms with van der Waals surface area (Å²) >= 11 is 7.36. The number of hydrogen-bond donors (Lipinski definition) is 1. The van der Waals surface area contributed by atoms with Gasteiger partial charge in [0.2, 0.25) is 5.91 Å². The number of fused-ring (bicyclic) bond motifs is 1. The van der Waals surface area contributed by atoms with Gasteiger partial charge in [0.05, 0.1) is 16.2 Å². The molecule has 1 aromatic heterocycles. The van der Waals surface area contributed by atoms with Gasteiger partial charge in [0, 0.05) is 17.3 Å². The summed E-state index contributed by atoms with van der Waals surface area (Å²) in [7, 11) is 0. The van der Waals surface area contributed by atoms with Crippen LogP contribution in [0.25, 0.3) is 10.9 Å². The lowest BCUT2D eigenvalue weighted by atomic mass is 10.2. The number of halogens is 1. The van der Waals surface area contributed by atoms with Crippen LogP contribution in [0.4, 0.5) is 5.69 Å². The lowest BCUT2D eigenvalue weighted by Crippen LogP contribution is -2.28. The molecule has 1 heterocycles. The van der Waals surface area contributed by atoms with E-state index < -0.39 is 5.25 Å². The van der Waals surface area contributed by atoms with Gasteiger partial charge in [-0.3, -0.25) is 14.2 Å². The zero-order valence-corrected chi connectivity index (χ0v) is 18.5. The van der Waals surface area contributed by atoms with Crippen molar-refractivity contribution >= 4 is 45.9 Å². The Morgan fingerprint density at radius 1 is 1.21 bits per heavy atom. The molecule has 2 aromatic carbocycles. The van der Waals surface area contributed by atoms with E-state index in [1.54, 1.807) is 22.8 Å². The van der Waals surface area contributed by atoms with E-state index in [0.717, 1.165) is 11.3 Å². The molecule has 0 fully saturated rings. The molecule has 0 bridgehead atoms. The predicted molar refractivity (Wildman–Crippen MR) is 121 cm³/mol. The summed E-state index contributed by atoms with van der Waals surface area (Å²) in [5.41, 5.74) is 2.22. The summed E-state index contributed by atoms with van der Waals surface area (Å²) in [6, 6.07) is 12.7. The van der Waals surface area contributed by atoms with Gasteiger partial charge in [-0.15, -0.1) is 0 Å². The Morgan fingerprint density at radius 2 is 1.93 bits per heavy atom. The standard InChI is InChI=1S/C22H24ClN3O2S/c1-13(2)12-26-21(28)17-11-16(23)9-10-19(17)25-22(26)29-15(4)20(27)24-18-8-6-5-7-14(18)3/h5-11,13,15H,12H2,1-4H3,(H,24,27). The number of aryl methyl sites for hydroxylation is 1. The second-order valence-electron chi connectivity index (χ2n) is 7.43. The maximum atomic E-state index is 13.1. The van der Waals surface area contributed by atoms with Gasteiger partial charge in [-0.05, 0) is 49.6 Å². The first-order chi connectivity index (χ1) is 13.8. The molecule has 0 radical (unpaired) electrons. The van der Waals surface area contributed by atoms with E-state index >= 15 is 0 Å². The monoisotopic (exact) mass is 429 g/mol. The summed E-state index contributed by atoms with van der Waals surface area (Å²) in [6.07, 6.45) is 0. The molecule has 0 aliphatic rings. The van der Waals surface area contributed by atoms with Crippen LogP contribution < -0.4 is 10.9 Å². The van der Waals surface area contributed by atoms with Crippen molar-refractivity contribution in [1.82, 2.24) is 9.55 Å². The maximum absolute atomic E-state index is 13.1. The number of nitrogens with one attached hydrogen (secondary N) is 1. The van der Waals surface area contributed by atoms with Crippen molar-refractivity contribution in [1.29, 1.82) is 0 Å². The first kappa shape index (κ1) is 21.4. The second-order valence-corrected chi connectivity index (χ2v) is 9.17. The Hall–Kier alpha value is -2.31. The minimum atomic E-state index is -0.426. The van der Waals surface area contributed by atoms with Gasteiger partial charge in [0.15, 0.2) is 5.16 Å². The summed E-state index contributed by atoms with van der Waals surface area (Å²) in [6.45, 7) is 8.36. The van der Waals surface area contributed by atoms with Gasteiger partial charge in [0.1, 0.15) is 0 Å². The number of carbonyl (C=O) groups is 1. The normalized spacial score (nSPS) is 12.3. The largest absolute Gasteiger partial charge is 0.325 e.